The second-order valence-corrected chi connectivity index (χ2v) is 10.2. The zero-order chi connectivity index (χ0) is 26.3. The summed E-state index contributed by atoms with van der Waals surface area (Å²) in [6.45, 7) is 0.223. The van der Waals surface area contributed by atoms with Crippen LogP contribution >= 0.6 is 23.1 Å². The number of para-hydroxylation sites is 1. The Bertz CT molecular complexity index is 1500. The molecular formula is C23H21N7O5S2. The second kappa shape index (κ2) is 9.71. The predicted molar refractivity (Wildman–Crippen MR) is 136 cm³/mol. The Labute approximate surface area is 218 Å². The van der Waals surface area contributed by atoms with Crippen molar-refractivity contribution >= 4 is 68.3 Å². The van der Waals surface area contributed by atoms with Crippen LogP contribution in [0.2, 0.25) is 0 Å². The fourth-order valence-corrected chi connectivity index (χ4v) is 6.23. The van der Waals surface area contributed by atoms with Crippen molar-refractivity contribution in [3.8, 4) is 0 Å². The fourth-order valence-electron chi connectivity index (χ4n) is 4.35. The summed E-state index contributed by atoms with van der Waals surface area (Å²) in [6, 6.07) is 8.29. The largest absolute Gasteiger partial charge is 0.543 e. The average Bonchev–Trinajstić information content (AvgIpc) is 3.32. The number of benzene rings is 1. The van der Waals surface area contributed by atoms with Gasteiger partial charge in [-0.2, -0.15) is 4.57 Å². The molecule has 5 N–H and O–H groups in total. The molecule has 37 heavy (non-hydrogen) atoms. The zero-order valence-electron chi connectivity index (χ0n) is 19.4. The number of hydrogen-bond acceptors (Lipinski definition) is 11. The van der Waals surface area contributed by atoms with Gasteiger partial charge in [0.05, 0.1) is 22.7 Å². The Morgan fingerprint density at radius 2 is 2.11 bits per heavy atom. The number of hydrogen-bond donors (Lipinski definition) is 3. The second-order valence-electron chi connectivity index (χ2n) is 8.21. The van der Waals surface area contributed by atoms with Crippen LogP contribution in [0.25, 0.3) is 10.9 Å². The van der Waals surface area contributed by atoms with Gasteiger partial charge in [-0.3, -0.25) is 14.5 Å². The van der Waals surface area contributed by atoms with Gasteiger partial charge in [-0.1, -0.05) is 17.3 Å². The van der Waals surface area contributed by atoms with E-state index in [4.69, 9.17) is 16.3 Å². The third kappa shape index (κ3) is 4.34. The van der Waals surface area contributed by atoms with E-state index in [-0.39, 0.29) is 28.8 Å². The molecule has 14 heteroatoms. The summed E-state index contributed by atoms with van der Waals surface area (Å²) in [5.74, 6) is -2.40. The van der Waals surface area contributed by atoms with E-state index in [1.54, 1.807) is 17.6 Å². The highest BCUT2D eigenvalue weighted by Crippen LogP contribution is 2.40. The van der Waals surface area contributed by atoms with E-state index in [0.717, 1.165) is 27.1 Å². The summed E-state index contributed by atoms with van der Waals surface area (Å²) in [5.41, 5.74) is 13.5. The first-order valence-corrected chi connectivity index (χ1v) is 12.9. The van der Waals surface area contributed by atoms with Crippen LogP contribution in [0.5, 0.6) is 0 Å². The first-order chi connectivity index (χ1) is 17.8. The lowest BCUT2D eigenvalue weighted by Gasteiger charge is -2.50. The first kappa shape index (κ1) is 24.5. The third-order valence-electron chi connectivity index (χ3n) is 6.01. The Kier molecular flexibility index (Phi) is 6.43. The number of anilines is 2. The summed E-state index contributed by atoms with van der Waals surface area (Å²) in [5, 5.41) is 20.5. The molecule has 1 aromatic carbocycles. The van der Waals surface area contributed by atoms with Gasteiger partial charge in [-0.25, -0.2) is 4.98 Å². The summed E-state index contributed by atoms with van der Waals surface area (Å²) in [4.78, 5) is 48.1. The number of nitrogens with two attached hydrogens (primary N) is 2. The van der Waals surface area contributed by atoms with Crippen LogP contribution in [0.3, 0.4) is 0 Å². The normalized spacial score (nSPS) is 19.4. The molecule has 2 atom stereocenters. The van der Waals surface area contributed by atoms with Crippen molar-refractivity contribution in [3.05, 3.63) is 58.9 Å². The molecule has 1 unspecified atom stereocenters. The van der Waals surface area contributed by atoms with E-state index in [1.807, 2.05) is 28.8 Å². The number of aliphatic carboxylic acids is 1. The van der Waals surface area contributed by atoms with Gasteiger partial charge in [-0.15, -0.1) is 23.1 Å². The van der Waals surface area contributed by atoms with Gasteiger partial charge in [-0.05, 0) is 6.07 Å². The number of thiazole rings is 1. The average molecular weight is 540 g/mol. The van der Waals surface area contributed by atoms with Crippen LogP contribution in [0, 0.1) is 0 Å². The molecule has 2 amide bonds. The molecule has 4 heterocycles. The van der Waals surface area contributed by atoms with Crippen LogP contribution in [0.4, 0.5) is 10.8 Å². The number of rotatable bonds is 7. The number of amides is 2. The molecule has 1 fully saturated rings. The third-order valence-corrected chi connectivity index (χ3v) is 8.02. The van der Waals surface area contributed by atoms with Crippen molar-refractivity contribution < 1.29 is 28.9 Å². The van der Waals surface area contributed by atoms with Gasteiger partial charge in [0.2, 0.25) is 5.52 Å². The highest BCUT2D eigenvalue weighted by Gasteiger charge is 2.53. The number of carbonyl (C=O) groups excluding carboxylic acids is 3. The standard InChI is InChI=1S/C23H21N7O5S2/c1-35-28-16(14-10-37-23(25)26-14)19(31)27-17-20(32)30-18(22(33)34)11(9-36-21(17)30)8-29-7-6-13(24)12-4-2-3-5-15(12)29/h2-7,10,17,21,24H,8-9H2,1H3,(H4,25,26,27,31,33,34)/b28-16-/t17?,21-/m1/s1. The van der Waals surface area contributed by atoms with Crippen molar-refractivity contribution in [1.82, 2.24) is 15.2 Å². The molecule has 0 bridgehead atoms. The predicted octanol–water partition coefficient (Wildman–Crippen LogP) is -0.797. The summed E-state index contributed by atoms with van der Waals surface area (Å²) in [6.07, 6.45) is 1.77. The maximum atomic E-state index is 13.1. The maximum absolute atomic E-state index is 13.1. The molecule has 190 valence electrons. The molecule has 5 rings (SSSR count). The van der Waals surface area contributed by atoms with Gasteiger partial charge in [0.25, 0.3) is 11.8 Å². The number of β-lactam (4-membered cyclic amide) rings is 1. The molecule has 3 aromatic rings. The Hall–Kier alpha value is -4.17. The van der Waals surface area contributed by atoms with Crippen molar-refractivity contribution in [3.63, 3.8) is 0 Å². The minimum atomic E-state index is -1.46. The van der Waals surface area contributed by atoms with Gasteiger partial charge >= 0.3 is 0 Å². The molecule has 0 radical (unpaired) electrons. The van der Waals surface area contributed by atoms with Crippen molar-refractivity contribution in [2.24, 2.45) is 5.16 Å². The van der Waals surface area contributed by atoms with E-state index >= 15 is 0 Å². The molecule has 2 aliphatic heterocycles. The number of fused-ring (bicyclic) bond motifs is 2. The molecular weight excluding hydrogens is 518 g/mol. The lowest BCUT2D eigenvalue weighted by molar-refractivity contribution is -0.663. The number of nitrogen functional groups attached to an aromatic ring is 2. The van der Waals surface area contributed by atoms with Crippen LogP contribution in [-0.2, 0) is 25.8 Å². The Morgan fingerprint density at radius 1 is 1.32 bits per heavy atom. The highest BCUT2D eigenvalue weighted by atomic mass is 32.2. The number of aromatic nitrogens is 2. The molecule has 2 aromatic heterocycles. The summed E-state index contributed by atoms with van der Waals surface area (Å²) < 4.78 is 1.88. The van der Waals surface area contributed by atoms with Crippen LogP contribution in [0.15, 0.2) is 58.3 Å². The molecule has 12 nitrogen and oxygen atoms in total. The van der Waals surface area contributed by atoms with Crippen LogP contribution < -0.4 is 26.5 Å². The summed E-state index contributed by atoms with van der Waals surface area (Å²) in [7, 11) is 1.27. The molecule has 0 aliphatic carbocycles. The first-order valence-electron chi connectivity index (χ1n) is 11.0. The number of carboxylic acids is 1. The van der Waals surface area contributed by atoms with E-state index in [0.29, 0.717) is 17.0 Å². The fraction of sp³-hybridized carbons (Fsp3) is 0.217. The quantitative estimate of drug-likeness (QED) is 0.150. The van der Waals surface area contributed by atoms with Crippen LogP contribution in [-0.4, -0.2) is 57.7 Å². The highest BCUT2D eigenvalue weighted by molar-refractivity contribution is 8.00. The minimum Gasteiger partial charge on any atom is -0.543 e. The van der Waals surface area contributed by atoms with Crippen LogP contribution in [0.1, 0.15) is 5.69 Å². The topological polar surface area (TPSA) is 180 Å². The van der Waals surface area contributed by atoms with Gasteiger partial charge in [0.15, 0.2) is 23.6 Å². The minimum absolute atomic E-state index is 0.148. The van der Waals surface area contributed by atoms with Gasteiger partial charge < -0.3 is 31.5 Å². The van der Waals surface area contributed by atoms with Gasteiger partial charge in [0, 0.05) is 28.8 Å². The lowest BCUT2D eigenvalue weighted by atomic mass is 10.0. The molecule has 0 spiro atoms. The SMILES string of the molecule is CO/N=C(\C(=O)NC1C(=O)N2C(C(=O)[O-])=C(C[n+]3ccc(N)c4ccccc43)CS[C@H]12)c1csc(N)n1. The van der Waals surface area contributed by atoms with Crippen molar-refractivity contribution in [2.75, 3.05) is 24.3 Å². The van der Waals surface area contributed by atoms with Crippen molar-refractivity contribution in [1.29, 1.82) is 0 Å². The molecule has 0 saturated carbocycles. The molecule has 2 aliphatic rings. The number of nitrogens with zero attached hydrogens (tertiary/aromatic N) is 4. The lowest BCUT2D eigenvalue weighted by Crippen LogP contribution is -2.71. The Morgan fingerprint density at radius 3 is 2.81 bits per heavy atom. The number of nitrogens with one attached hydrogen (secondary N) is 1. The van der Waals surface area contributed by atoms with E-state index in [1.165, 1.54) is 18.9 Å². The number of thioether (sulfide) groups is 1. The number of pyridine rings is 1. The van der Waals surface area contributed by atoms with Crippen molar-refractivity contribution in [2.45, 2.75) is 18.0 Å². The molecule has 1 saturated heterocycles. The van der Waals surface area contributed by atoms with E-state index in [2.05, 4.69) is 15.5 Å². The Balaban J connectivity index is 1.39. The van der Waals surface area contributed by atoms with E-state index < -0.39 is 29.2 Å². The monoisotopic (exact) mass is 539 g/mol. The summed E-state index contributed by atoms with van der Waals surface area (Å²) >= 11 is 2.47. The number of carboxylic acid groups (broad SMARTS) is 1. The number of oxime groups is 1. The number of carbonyl (C=O) groups is 3. The zero-order valence-corrected chi connectivity index (χ0v) is 21.0. The van der Waals surface area contributed by atoms with Gasteiger partial charge in [0.1, 0.15) is 24.2 Å². The van der Waals surface area contributed by atoms with E-state index in [9.17, 15) is 19.5 Å². The smallest absolute Gasteiger partial charge is 0.276 e. The maximum Gasteiger partial charge on any atom is 0.276 e.